The number of carbonyl (C=O) groups excluding carboxylic acids is 1. The molecule has 1 saturated carbocycles. The molecular weight excluding hydrogens is 232 g/mol. The molecule has 0 aromatic rings. The molecule has 1 fully saturated rings. The van der Waals surface area contributed by atoms with Gasteiger partial charge < -0.3 is 0 Å². The van der Waals surface area contributed by atoms with Crippen LogP contribution in [-0.4, -0.2) is 5.78 Å². The molecule has 2 unspecified atom stereocenters. The van der Waals surface area contributed by atoms with E-state index in [-0.39, 0.29) is 0 Å². The normalized spacial score (nSPS) is 23.8. The zero-order chi connectivity index (χ0) is 13.9. The summed E-state index contributed by atoms with van der Waals surface area (Å²) >= 11 is 0. The van der Waals surface area contributed by atoms with Gasteiger partial charge in [0, 0.05) is 12.3 Å². The van der Waals surface area contributed by atoms with Gasteiger partial charge in [-0.25, -0.2) is 0 Å². The molecule has 0 N–H and O–H groups in total. The average molecular weight is 266 g/mol. The van der Waals surface area contributed by atoms with Gasteiger partial charge in [0.25, 0.3) is 0 Å². The number of hydrogen-bond donors (Lipinski definition) is 0. The van der Waals surface area contributed by atoms with Crippen molar-refractivity contribution >= 4 is 5.78 Å². The highest BCUT2D eigenvalue weighted by Gasteiger charge is 2.27. The smallest absolute Gasteiger partial charge is 0.135 e. The first-order chi connectivity index (χ1) is 9.27. The van der Waals surface area contributed by atoms with Gasteiger partial charge in [0.05, 0.1) is 0 Å². The Morgan fingerprint density at radius 2 is 1.53 bits per heavy atom. The molecule has 0 aromatic heterocycles. The van der Waals surface area contributed by atoms with Gasteiger partial charge in [-0.3, -0.25) is 4.79 Å². The van der Waals surface area contributed by atoms with E-state index in [9.17, 15) is 4.79 Å². The highest BCUT2D eigenvalue weighted by Crippen LogP contribution is 2.33. The quantitative estimate of drug-likeness (QED) is 0.449. The second-order valence-electron chi connectivity index (χ2n) is 6.50. The van der Waals surface area contributed by atoms with Crippen LogP contribution in [0.3, 0.4) is 0 Å². The van der Waals surface area contributed by atoms with E-state index in [0.29, 0.717) is 11.7 Å². The van der Waals surface area contributed by atoms with Crippen LogP contribution >= 0.6 is 0 Å². The molecule has 0 radical (unpaired) electrons. The number of Topliss-reactive ketones (excluding diaryl/α,β-unsaturated/α-hetero) is 1. The fourth-order valence-electron chi connectivity index (χ4n) is 3.42. The Morgan fingerprint density at radius 1 is 0.895 bits per heavy atom. The number of ketones is 1. The zero-order valence-corrected chi connectivity index (χ0v) is 13.3. The van der Waals surface area contributed by atoms with Crippen molar-refractivity contribution in [3.05, 3.63) is 0 Å². The zero-order valence-electron chi connectivity index (χ0n) is 13.3. The molecule has 1 aliphatic rings. The molecule has 0 spiro atoms. The van der Waals surface area contributed by atoms with E-state index in [4.69, 9.17) is 0 Å². The van der Waals surface area contributed by atoms with Crippen molar-refractivity contribution in [3.8, 4) is 0 Å². The Kier molecular flexibility index (Phi) is 9.20. The second-order valence-corrected chi connectivity index (χ2v) is 6.50. The number of unbranched alkanes of at least 4 members (excludes halogenated alkanes) is 6. The van der Waals surface area contributed by atoms with Gasteiger partial charge in [-0.2, -0.15) is 0 Å². The topological polar surface area (TPSA) is 17.1 Å². The highest BCUT2D eigenvalue weighted by atomic mass is 16.1. The maximum Gasteiger partial charge on any atom is 0.135 e. The molecule has 0 saturated heterocycles. The number of rotatable bonds is 10. The van der Waals surface area contributed by atoms with Crippen LogP contribution in [0.15, 0.2) is 0 Å². The van der Waals surface area contributed by atoms with E-state index in [2.05, 4.69) is 13.8 Å². The summed E-state index contributed by atoms with van der Waals surface area (Å²) in [6.45, 7) is 4.52. The van der Waals surface area contributed by atoms with E-state index in [1.54, 1.807) is 0 Å². The van der Waals surface area contributed by atoms with E-state index < -0.39 is 0 Å². The third kappa shape index (κ3) is 7.13. The molecule has 1 heteroatoms. The van der Waals surface area contributed by atoms with Gasteiger partial charge in [-0.05, 0) is 25.2 Å². The molecule has 19 heavy (non-hydrogen) atoms. The molecule has 1 rings (SSSR count). The minimum atomic E-state index is 0.418. The van der Waals surface area contributed by atoms with Crippen molar-refractivity contribution in [2.45, 2.75) is 97.3 Å². The van der Waals surface area contributed by atoms with Crippen molar-refractivity contribution in [1.29, 1.82) is 0 Å². The summed E-state index contributed by atoms with van der Waals surface area (Å²) in [7, 11) is 0. The molecule has 2 atom stereocenters. The van der Waals surface area contributed by atoms with Crippen molar-refractivity contribution < 1.29 is 4.79 Å². The van der Waals surface area contributed by atoms with E-state index >= 15 is 0 Å². The largest absolute Gasteiger partial charge is 0.299 e. The number of carbonyl (C=O) groups is 1. The highest BCUT2D eigenvalue weighted by molar-refractivity contribution is 5.81. The monoisotopic (exact) mass is 266 g/mol. The maximum atomic E-state index is 12.0. The van der Waals surface area contributed by atoms with Gasteiger partial charge in [0.15, 0.2) is 0 Å². The molecule has 0 amide bonds. The lowest BCUT2D eigenvalue weighted by molar-refractivity contribution is -0.125. The first-order valence-corrected chi connectivity index (χ1v) is 8.80. The summed E-state index contributed by atoms with van der Waals surface area (Å²) in [5, 5.41) is 0. The van der Waals surface area contributed by atoms with Gasteiger partial charge in [0.2, 0.25) is 0 Å². The van der Waals surface area contributed by atoms with Crippen LogP contribution in [-0.2, 0) is 4.79 Å². The molecule has 112 valence electrons. The predicted octanol–water partition coefficient (Wildman–Crippen LogP) is 5.91. The van der Waals surface area contributed by atoms with Crippen LogP contribution in [0.5, 0.6) is 0 Å². The van der Waals surface area contributed by atoms with Crippen LogP contribution < -0.4 is 0 Å². The molecule has 0 aliphatic heterocycles. The lowest BCUT2D eigenvalue weighted by Gasteiger charge is -2.28. The van der Waals surface area contributed by atoms with Crippen molar-refractivity contribution in [2.24, 2.45) is 11.8 Å². The van der Waals surface area contributed by atoms with Crippen LogP contribution in [0.25, 0.3) is 0 Å². The molecular formula is C18H34O. The molecule has 1 nitrogen and oxygen atoms in total. The first kappa shape index (κ1) is 16.7. The Hall–Kier alpha value is -0.330. The summed E-state index contributed by atoms with van der Waals surface area (Å²) in [4.78, 5) is 12.0. The van der Waals surface area contributed by atoms with Gasteiger partial charge in [0.1, 0.15) is 5.78 Å². The summed E-state index contributed by atoms with van der Waals surface area (Å²) in [6.07, 6.45) is 16.5. The summed E-state index contributed by atoms with van der Waals surface area (Å²) in [5.74, 6) is 1.84. The Labute approximate surface area is 120 Å². The van der Waals surface area contributed by atoms with Crippen molar-refractivity contribution in [1.82, 2.24) is 0 Å². The molecule has 0 bridgehead atoms. The Balaban J connectivity index is 2.18. The van der Waals surface area contributed by atoms with Crippen molar-refractivity contribution in [3.63, 3.8) is 0 Å². The van der Waals surface area contributed by atoms with Crippen LogP contribution in [0.4, 0.5) is 0 Å². The van der Waals surface area contributed by atoms with Gasteiger partial charge in [-0.15, -0.1) is 0 Å². The maximum absolute atomic E-state index is 12.0. The lowest BCUT2D eigenvalue weighted by Crippen LogP contribution is -2.25. The Bertz CT molecular complexity index is 234. The summed E-state index contributed by atoms with van der Waals surface area (Å²) in [6, 6.07) is 0. The SMILES string of the molecule is CCCCCCC1CCC(=O)C(CCCCCC)C1. The Morgan fingerprint density at radius 3 is 2.16 bits per heavy atom. The predicted molar refractivity (Wildman–Crippen MR) is 83.4 cm³/mol. The average Bonchev–Trinajstić information content (AvgIpc) is 2.42. The van der Waals surface area contributed by atoms with Crippen molar-refractivity contribution in [2.75, 3.05) is 0 Å². The first-order valence-electron chi connectivity index (χ1n) is 8.80. The van der Waals surface area contributed by atoms with E-state index in [1.807, 2.05) is 0 Å². The van der Waals surface area contributed by atoms with Crippen LogP contribution in [0.1, 0.15) is 97.3 Å². The van der Waals surface area contributed by atoms with Crippen LogP contribution in [0.2, 0.25) is 0 Å². The summed E-state index contributed by atoms with van der Waals surface area (Å²) in [5.41, 5.74) is 0. The summed E-state index contributed by atoms with van der Waals surface area (Å²) < 4.78 is 0. The number of hydrogen-bond acceptors (Lipinski definition) is 1. The fourth-order valence-corrected chi connectivity index (χ4v) is 3.42. The van der Waals surface area contributed by atoms with Gasteiger partial charge >= 0.3 is 0 Å². The van der Waals surface area contributed by atoms with E-state index in [1.165, 1.54) is 77.0 Å². The minimum absolute atomic E-state index is 0.418. The molecule has 1 aliphatic carbocycles. The molecule has 0 heterocycles. The third-order valence-corrected chi connectivity index (χ3v) is 4.74. The standard InChI is InChI=1S/C18H34O/c1-3-5-7-9-11-16-13-14-18(19)17(15-16)12-10-8-6-4-2/h16-17H,3-15H2,1-2H3. The lowest BCUT2D eigenvalue weighted by atomic mass is 9.76. The van der Waals surface area contributed by atoms with E-state index in [0.717, 1.165) is 12.3 Å². The minimum Gasteiger partial charge on any atom is -0.299 e. The van der Waals surface area contributed by atoms with Gasteiger partial charge in [-0.1, -0.05) is 71.6 Å². The third-order valence-electron chi connectivity index (χ3n) is 4.74. The van der Waals surface area contributed by atoms with Crippen LogP contribution in [0, 0.1) is 11.8 Å². The molecule has 0 aromatic carbocycles. The fraction of sp³-hybridized carbons (Fsp3) is 0.944. The second kappa shape index (κ2) is 10.5.